The van der Waals surface area contributed by atoms with Crippen molar-refractivity contribution >= 4 is 40.7 Å². The quantitative estimate of drug-likeness (QED) is 0.638. The van der Waals surface area contributed by atoms with Gasteiger partial charge in [-0.2, -0.15) is 0 Å². The van der Waals surface area contributed by atoms with Gasteiger partial charge in [0.05, 0.1) is 10.0 Å². The van der Waals surface area contributed by atoms with Crippen LogP contribution in [-0.4, -0.2) is 5.75 Å². The van der Waals surface area contributed by atoms with E-state index in [1.807, 2.05) is 0 Å². The van der Waals surface area contributed by atoms with Gasteiger partial charge in [-0.15, -0.1) is 11.8 Å². The number of hydrogen-bond acceptors (Lipinski definition) is 2. The Morgan fingerprint density at radius 2 is 1.79 bits per heavy atom. The molecule has 4 heteroatoms. The number of halogens is 2. The summed E-state index contributed by atoms with van der Waals surface area (Å²) in [4.78, 5) is 0.927. The second-order valence-electron chi connectivity index (χ2n) is 3.52. The Morgan fingerprint density at radius 3 is 2.21 bits per heavy atom. The van der Waals surface area contributed by atoms with Crippen molar-refractivity contribution in [2.24, 2.45) is 5.92 Å². The second kappa shape index (κ2) is 5.15. The third-order valence-electron chi connectivity index (χ3n) is 1.58. The van der Waals surface area contributed by atoms with Crippen molar-refractivity contribution in [2.75, 3.05) is 11.5 Å². The Labute approximate surface area is 99.0 Å². The molecule has 0 aromatic heterocycles. The smallest absolute Gasteiger partial charge is 0.0577 e. The molecule has 0 saturated carbocycles. The second-order valence-corrected chi connectivity index (χ2v) is 5.36. The molecule has 0 aliphatic heterocycles. The molecule has 0 amide bonds. The van der Waals surface area contributed by atoms with Crippen molar-refractivity contribution < 1.29 is 0 Å². The highest BCUT2D eigenvalue weighted by Gasteiger charge is 2.08. The van der Waals surface area contributed by atoms with Crippen molar-refractivity contribution in [1.82, 2.24) is 0 Å². The first-order valence-electron chi connectivity index (χ1n) is 4.38. The highest BCUT2D eigenvalue weighted by molar-refractivity contribution is 7.99. The fourth-order valence-corrected chi connectivity index (χ4v) is 2.69. The number of thioether (sulfide) groups is 1. The Kier molecular flexibility index (Phi) is 4.42. The van der Waals surface area contributed by atoms with E-state index in [0.717, 1.165) is 10.6 Å². The maximum atomic E-state index is 6.03. The third kappa shape index (κ3) is 3.26. The van der Waals surface area contributed by atoms with Crippen molar-refractivity contribution in [3.05, 3.63) is 22.2 Å². The summed E-state index contributed by atoms with van der Waals surface area (Å²) in [5.74, 6) is 1.62. The number of hydrogen-bond donors (Lipinski definition) is 1. The Balaban J connectivity index is 2.86. The van der Waals surface area contributed by atoms with E-state index < -0.39 is 0 Å². The van der Waals surface area contributed by atoms with E-state index in [1.54, 1.807) is 23.9 Å². The van der Waals surface area contributed by atoms with E-state index in [1.165, 1.54) is 0 Å². The van der Waals surface area contributed by atoms with Crippen LogP contribution < -0.4 is 5.73 Å². The van der Waals surface area contributed by atoms with Crippen molar-refractivity contribution in [3.8, 4) is 0 Å². The van der Waals surface area contributed by atoms with E-state index in [2.05, 4.69) is 13.8 Å². The van der Waals surface area contributed by atoms with Crippen LogP contribution in [0.1, 0.15) is 13.8 Å². The molecule has 0 atom stereocenters. The van der Waals surface area contributed by atoms with E-state index in [-0.39, 0.29) is 0 Å². The zero-order valence-corrected chi connectivity index (χ0v) is 10.5. The first-order chi connectivity index (χ1) is 6.50. The molecule has 0 heterocycles. The minimum atomic E-state index is 0.605. The highest BCUT2D eigenvalue weighted by Crippen LogP contribution is 2.36. The summed E-state index contributed by atoms with van der Waals surface area (Å²) in [6.45, 7) is 4.32. The average Bonchev–Trinajstić information content (AvgIpc) is 2.01. The normalized spacial score (nSPS) is 10.9. The van der Waals surface area contributed by atoms with Crippen LogP contribution in [0, 0.1) is 5.92 Å². The molecule has 0 fully saturated rings. The van der Waals surface area contributed by atoms with Gasteiger partial charge in [-0.25, -0.2) is 0 Å². The van der Waals surface area contributed by atoms with Crippen LogP contribution in [0.5, 0.6) is 0 Å². The molecule has 1 aromatic rings. The van der Waals surface area contributed by atoms with E-state index in [4.69, 9.17) is 28.9 Å². The minimum absolute atomic E-state index is 0.605. The molecule has 0 aliphatic rings. The summed E-state index contributed by atoms with van der Waals surface area (Å²) in [6, 6.07) is 3.46. The summed E-state index contributed by atoms with van der Waals surface area (Å²) in [6.07, 6.45) is 0. The van der Waals surface area contributed by atoms with Crippen LogP contribution >= 0.6 is 35.0 Å². The van der Waals surface area contributed by atoms with E-state index in [0.29, 0.717) is 21.7 Å². The van der Waals surface area contributed by atoms with Crippen LogP contribution in [0.2, 0.25) is 10.0 Å². The topological polar surface area (TPSA) is 26.0 Å². The number of nitrogen functional groups attached to an aromatic ring is 1. The van der Waals surface area contributed by atoms with Crippen LogP contribution in [-0.2, 0) is 0 Å². The van der Waals surface area contributed by atoms with Crippen molar-refractivity contribution in [3.63, 3.8) is 0 Å². The molecule has 2 N–H and O–H groups in total. The van der Waals surface area contributed by atoms with Gasteiger partial charge in [-0.1, -0.05) is 37.0 Å². The lowest BCUT2D eigenvalue weighted by Crippen LogP contribution is -1.92. The van der Waals surface area contributed by atoms with Gasteiger partial charge in [-0.05, 0) is 18.1 Å². The van der Waals surface area contributed by atoms with E-state index in [9.17, 15) is 0 Å². The predicted octanol–water partition coefficient (Wildman–Crippen LogP) is 4.32. The van der Waals surface area contributed by atoms with Crippen LogP contribution in [0.15, 0.2) is 17.0 Å². The number of rotatable bonds is 3. The fourth-order valence-electron chi connectivity index (χ4n) is 0.967. The Morgan fingerprint density at radius 1 is 1.29 bits per heavy atom. The Bertz CT molecular complexity index is 303. The molecule has 0 radical (unpaired) electrons. The van der Waals surface area contributed by atoms with Gasteiger partial charge < -0.3 is 5.73 Å². The standard InChI is InChI=1S/C10H13Cl2NS/c1-6(2)5-14-10-8(11)3-7(13)4-9(10)12/h3-4,6H,5,13H2,1-2H3. The lowest BCUT2D eigenvalue weighted by atomic mass is 10.3. The van der Waals surface area contributed by atoms with Gasteiger partial charge >= 0.3 is 0 Å². The molecule has 0 aliphatic carbocycles. The first-order valence-corrected chi connectivity index (χ1v) is 6.12. The van der Waals surface area contributed by atoms with Gasteiger partial charge in [0.2, 0.25) is 0 Å². The zero-order chi connectivity index (χ0) is 10.7. The molecule has 0 unspecified atom stereocenters. The number of benzene rings is 1. The minimum Gasteiger partial charge on any atom is -0.399 e. The lowest BCUT2D eigenvalue weighted by molar-refractivity contribution is 0.750. The third-order valence-corrected chi connectivity index (χ3v) is 3.96. The van der Waals surface area contributed by atoms with Gasteiger partial charge in [0, 0.05) is 16.3 Å². The van der Waals surface area contributed by atoms with Crippen LogP contribution in [0.3, 0.4) is 0 Å². The monoisotopic (exact) mass is 249 g/mol. The summed E-state index contributed by atoms with van der Waals surface area (Å²) in [5, 5.41) is 1.28. The fraction of sp³-hybridized carbons (Fsp3) is 0.400. The molecular formula is C10H13Cl2NS. The van der Waals surface area contributed by atoms with Gasteiger partial charge in [0.15, 0.2) is 0 Å². The highest BCUT2D eigenvalue weighted by atomic mass is 35.5. The SMILES string of the molecule is CC(C)CSc1c(Cl)cc(N)cc1Cl. The number of nitrogens with two attached hydrogens (primary N) is 1. The maximum absolute atomic E-state index is 6.03. The number of anilines is 1. The molecule has 0 bridgehead atoms. The van der Waals surface area contributed by atoms with Gasteiger partial charge in [0.1, 0.15) is 0 Å². The largest absolute Gasteiger partial charge is 0.399 e. The molecular weight excluding hydrogens is 237 g/mol. The summed E-state index contributed by atoms with van der Waals surface area (Å²) in [7, 11) is 0. The van der Waals surface area contributed by atoms with E-state index >= 15 is 0 Å². The van der Waals surface area contributed by atoms with Crippen molar-refractivity contribution in [1.29, 1.82) is 0 Å². The summed E-state index contributed by atoms with van der Waals surface area (Å²) >= 11 is 13.7. The van der Waals surface area contributed by atoms with Crippen LogP contribution in [0.4, 0.5) is 5.69 Å². The average molecular weight is 250 g/mol. The molecule has 1 nitrogen and oxygen atoms in total. The molecule has 0 spiro atoms. The molecule has 0 saturated heterocycles. The molecule has 78 valence electrons. The lowest BCUT2D eigenvalue weighted by Gasteiger charge is -2.09. The first kappa shape index (κ1) is 12.0. The van der Waals surface area contributed by atoms with Crippen molar-refractivity contribution in [2.45, 2.75) is 18.7 Å². The summed E-state index contributed by atoms with van der Waals surface area (Å²) < 4.78 is 0. The molecule has 14 heavy (non-hydrogen) atoms. The summed E-state index contributed by atoms with van der Waals surface area (Å²) in [5.41, 5.74) is 6.21. The Hall–Kier alpha value is -0.0500. The predicted molar refractivity (Wildman–Crippen MR) is 66.4 cm³/mol. The maximum Gasteiger partial charge on any atom is 0.0577 e. The van der Waals surface area contributed by atoms with Gasteiger partial charge in [-0.3, -0.25) is 0 Å². The molecule has 1 rings (SSSR count). The molecule has 1 aromatic carbocycles. The zero-order valence-electron chi connectivity index (χ0n) is 8.18. The van der Waals surface area contributed by atoms with Gasteiger partial charge in [0.25, 0.3) is 0 Å². The van der Waals surface area contributed by atoms with Crippen LogP contribution in [0.25, 0.3) is 0 Å².